The number of hydrogen-bond acceptors (Lipinski definition) is 3. The van der Waals surface area contributed by atoms with Gasteiger partial charge in [0, 0.05) is 11.1 Å². The molecule has 1 aromatic heterocycles. The molecule has 1 aliphatic rings. The monoisotopic (exact) mass is 319 g/mol. The van der Waals surface area contributed by atoms with Crippen LogP contribution in [0, 0.1) is 6.92 Å². The second kappa shape index (κ2) is 5.53. The van der Waals surface area contributed by atoms with Crippen molar-refractivity contribution in [1.29, 1.82) is 0 Å². The summed E-state index contributed by atoms with van der Waals surface area (Å²) in [6.07, 6.45) is 0. The van der Waals surface area contributed by atoms with Crippen LogP contribution in [0.1, 0.15) is 33.2 Å². The number of carbonyl (C=O) groups is 1. The minimum absolute atomic E-state index is 0.128. The predicted molar refractivity (Wildman–Crippen MR) is 91.1 cm³/mol. The van der Waals surface area contributed by atoms with Crippen LogP contribution in [0.15, 0.2) is 48.5 Å². The van der Waals surface area contributed by atoms with Crippen molar-refractivity contribution in [2.24, 2.45) is 0 Å². The standard InChI is InChI=1S/C19H17N3O2/c1-11-6-8-12(9-7-11)16-15-17(21-22-18(15)19(23)20-16)13-4-3-5-14(10-13)24-2/h3-10,16H,1-2H3,(H,20,23)(H,21,22)/t16-/m0/s1. The molecule has 2 N–H and O–H groups in total. The molecule has 5 nitrogen and oxygen atoms in total. The van der Waals surface area contributed by atoms with Crippen LogP contribution in [-0.2, 0) is 0 Å². The summed E-state index contributed by atoms with van der Waals surface area (Å²) in [5.41, 5.74) is 5.32. The molecular formula is C19H17N3O2. The molecule has 0 spiro atoms. The van der Waals surface area contributed by atoms with Gasteiger partial charge in [-0.2, -0.15) is 5.10 Å². The Morgan fingerprint density at radius 2 is 1.92 bits per heavy atom. The highest BCUT2D eigenvalue weighted by Gasteiger charge is 2.35. The van der Waals surface area contributed by atoms with Gasteiger partial charge in [-0.1, -0.05) is 42.0 Å². The highest BCUT2D eigenvalue weighted by atomic mass is 16.5. The summed E-state index contributed by atoms with van der Waals surface area (Å²) in [4.78, 5) is 12.3. The summed E-state index contributed by atoms with van der Waals surface area (Å²) in [5.74, 6) is 0.630. The fourth-order valence-corrected chi connectivity index (χ4v) is 3.08. The van der Waals surface area contributed by atoms with Crippen molar-refractivity contribution >= 4 is 5.91 Å². The number of methoxy groups -OCH3 is 1. The number of fused-ring (bicyclic) bond motifs is 1. The second-order valence-corrected chi connectivity index (χ2v) is 5.91. The fraction of sp³-hybridized carbons (Fsp3) is 0.158. The van der Waals surface area contributed by atoms with Crippen LogP contribution in [-0.4, -0.2) is 23.2 Å². The molecule has 1 amide bonds. The van der Waals surface area contributed by atoms with Crippen LogP contribution >= 0.6 is 0 Å². The van der Waals surface area contributed by atoms with E-state index in [1.807, 2.05) is 55.5 Å². The van der Waals surface area contributed by atoms with Crippen LogP contribution < -0.4 is 10.1 Å². The first-order chi connectivity index (χ1) is 11.7. The van der Waals surface area contributed by atoms with Gasteiger partial charge in [0.2, 0.25) is 0 Å². The van der Waals surface area contributed by atoms with Crippen molar-refractivity contribution in [3.05, 3.63) is 70.9 Å². The number of benzene rings is 2. The van der Waals surface area contributed by atoms with E-state index in [2.05, 4.69) is 15.5 Å². The van der Waals surface area contributed by atoms with E-state index in [1.54, 1.807) is 7.11 Å². The van der Waals surface area contributed by atoms with Crippen LogP contribution in [0.25, 0.3) is 11.3 Å². The van der Waals surface area contributed by atoms with Gasteiger partial charge in [-0.25, -0.2) is 0 Å². The summed E-state index contributed by atoms with van der Waals surface area (Å²) < 4.78 is 5.30. The third-order valence-electron chi connectivity index (χ3n) is 4.35. The average Bonchev–Trinajstić information content (AvgIpc) is 3.17. The molecule has 1 atom stereocenters. The zero-order valence-corrected chi connectivity index (χ0v) is 13.5. The quantitative estimate of drug-likeness (QED) is 0.779. The zero-order valence-electron chi connectivity index (χ0n) is 13.5. The summed E-state index contributed by atoms with van der Waals surface area (Å²) in [5, 5.41) is 10.3. The number of ether oxygens (including phenoxy) is 1. The topological polar surface area (TPSA) is 67.0 Å². The Morgan fingerprint density at radius 1 is 1.12 bits per heavy atom. The third-order valence-corrected chi connectivity index (χ3v) is 4.35. The number of nitrogens with zero attached hydrogens (tertiary/aromatic N) is 1. The lowest BCUT2D eigenvalue weighted by Gasteiger charge is -2.14. The van der Waals surface area contributed by atoms with Crippen LogP contribution in [0.2, 0.25) is 0 Å². The second-order valence-electron chi connectivity index (χ2n) is 5.91. The van der Waals surface area contributed by atoms with E-state index in [4.69, 9.17) is 4.74 Å². The summed E-state index contributed by atoms with van der Waals surface area (Å²) in [6.45, 7) is 2.04. The van der Waals surface area contributed by atoms with E-state index in [1.165, 1.54) is 5.56 Å². The molecule has 0 saturated heterocycles. The van der Waals surface area contributed by atoms with Gasteiger partial charge in [0.25, 0.3) is 5.91 Å². The van der Waals surface area contributed by atoms with E-state index in [0.717, 1.165) is 28.1 Å². The SMILES string of the molecule is COc1cccc(-c2n[nH]c3c2[C@H](c2ccc(C)cc2)NC3=O)c1. The van der Waals surface area contributed by atoms with Gasteiger partial charge < -0.3 is 10.1 Å². The maximum absolute atomic E-state index is 12.3. The number of H-pyrrole nitrogens is 1. The predicted octanol–water partition coefficient (Wildman–Crippen LogP) is 3.23. The first-order valence-corrected chi connectivity index (χ1v) is 7.77. The first-order valence-electron chi connectivity index (χ1n) is 7.77. The van der Waals surface area contributed by atoms with Crippen molar-refractivity contribution in [1.82, 2.24) is 15.5 Å². The Bertz CT molecular complexity index is 913. The lowest BCUT2D eigenvalue weighted by Crippen LogP contribution is -2.21. The molecule has 0 aliphatic carbocycles. The van der Waals surface area contributed by atoms with Gasteiger partial charge in [-0.3, -0.25) is 9.89 Å². The summed E-state index contributed by atoms with van der Waals surface area (Å²) in [7, 11) is 1.63. The van der Waals surface area contributed by atoms with Gasteiger partial charge in [0.05, 0.1) is 18.8 Å². The van der Waals surface area contributed by atoms with Crippen molar-refractivity contribution in [3.8, 4) is 17.0 Å². The van der Waals surface area contributed by atoms with Gasteiger partial charge in [0.1, 0.15) is 11.4 Å². The Kier molecular flexibility index (Phi) is 3.34. The van der Waals surface area contributed by atoms with Gasteiger partial charge in [0.15, 0.2) is 0 Å². The number of aromatic amines is 1. The van der Waals surface area contributed by atoms with Crippen molar-refractivity contribution in [2.45, 2.75) is 13.0 Å². The van der Waals surface area contributed by atoms with Crippen molar-refractivity contribution in [2.75, 3.05) is 7.11 Å². The van der Waals surface area contributed by atoms with Gasteiger partial charge >= 0.3 is 0 Å². The van der Waals surface area contributed by atoms with E-state index in [-0.39, 0.29) is 11.9 Å². The van der Waals surface area contributed by atoms with E-state index in [0.29, 0.717) is 5.69 Å². The van der Waals surface area contributed by atoms with E-state index < -0.39 is 0 Å². The molecular weight excluding hydrogens is 302 g/mol. The number of aromatic nitrogens is 2. The molecule has 5 heteroatoms. The van der Waals surface area contributed by atoms with Crippen LogP contribution in [0.4, 0.5) is 0 Å². The van der Waals surface area contributed by atoms with E-state index >= 15 is 0 Å². The van der Waals surface area contributed by atoms with Crippen molar-refractivity contribution in [3.63, 3.8) is 0 Å². The molecule has 0 saturated carbocycles. The zero-order chi connectivity index (χ0) is 16.7. The van der Waals surface area contributed by atoms with Gasteiger partial charge in [-0.15, -0.1) is 0 Å². The molecule has 2 heterocycles. The number of rotatable bonds is 3. The van der Waals surface area contributed by atoms with Crippen LogP contribution in [0.5, 0.6) is 5.75 Å². The van der Waals surface area contributed by atoms with E-state index in [9.17, 15) is 4.79 Å². The third kappa shape index (κ3) is 2.25. The van der Waals surface area contributed by atoms with Crippen LogP contribution in [0.3, 0.4) is 0 Å². The molecule has 0 bridgehead atoms. The Morgan fingerprint density at radius 3 is 2.67 bits per heavy atom. The molecule has 0 unspecified atom stereocenters. The minimum Gasteiger partial charge on any atom is -0.497 e. The molecule has 1 aliphatic heterocycles. The van der Waals surface area contributed by atoms with Gasteiger partial charge in [-0.05, 0) is 24.6 Å². The molecule has 2 aromatic carbocycles. The molecule has 120 valence electrons. The van der Waals surface area contributed by atoms with Crippen molar-refractivity contribution < 1.29 is 9.53 Å². The largest absolute Gasteiger partial charge is 0.497 e. The Hall–Kier alpha value is -3.08. The number of carbonyl (C=O) groups excluding carboxylic acids is 1. The molecule has 4 rings (SSSR count). The Labute approximate surface area is 139 Å². The highest BCUT2D eigenvalue weighted by Crippen LogP contribution is 2.37. The summed E-state index contributed by atoms with van der Waals surface area (Å²) in [6, 6.07) is 15.7. The highest BCUT2D eigenvalue weighted by molar-refractivity contribution is 6.00. The number of amides is 1. The lowest BCUT2D eigenvalue weighted by atomic mass is 9.96. The average molecular weight is 319 g/mol. The number of aryl methyl sites for hydroxylation is 1. The molecule has 0 radical (unpaired) electrons. The number of hydrogen-bond donors (Lipinski definition) is 2. The maximum atomic E-state index is 12.3. The smallest absolute Gasteiger partial charge is 0.270 e. The number of nitrogens with one attached hydrogen (secondary N) is 2. The normalized spacial score (nSPS) is 15.9. The Balaban J connectivity index is 1.84. The summed E-state index contributed by atoms with van der Waals surface area (Å²) >= 11 is 0. The lowest BCUT2D eigenvalue weighted by molar-refractivity contribution is 0.0955. The first kappa shape index (κ1) is 14.5. The maximum Gasteiger partial charge on any atom is 0.270 e. The molecule has 0 fully saturated rings. The fourth-order valence-electron chi connectivity index (χ4n) is 3.08. The molecule has 24 heavy (non-hydrogen) atoms. The minimum atomic E-state index is -0.201. The molecule has 3 aromatic rings.